The first-order chi connectivity index (χ1) is 7.34. The summed E-state index contributed by atoms with van der Waals surface area (Å²) in [6.07, 6.45) is 5.19. The van der Waals surface area contributed by atoms with Gasteiger partial charge in [-0.05, 0) is 32.9 Å². The van der Waals surface area contributed by atoms with Crippen molar-refractivity contribution in [3.05, 3.63) is 45.1 Å². The van der Waals surface area contributed by atoms with Crippen LogP contribution in [0.2, 0.25) is 0 Å². The molecule has 0 aromatic carbocycles. The van der Waals surface area contributed by atoms with E-state index in [4.69, 9.17) is 0 Å². The van der Waals surface area contributed by atoms with Crippen LogP contribution in [0.4, 0.5) is 0 Å². The van der Waals surface area contributed by atoms with Crippen molar-refractivity contribution in [1.82, 2.24) is 15.3 Å². The summed E-state index contributed by atoms with van der Waals surface area (Å²) in [5, 5.41) is 5.47. The zero-order valence-corrected chi connectivity index (χ0v) is 10.4. The maximum atomic E-state index is 3.96. The molecule has 0 atom stereocenters. The van der Waals surface area contributed by atoms with Gasteiger partial charge >= 0.3 is 0 Å². The molecule has 0 aliphatic heterocycles. The Bertz CT molecular complexity index is 416. The van der Waals surface area contributed by atoms with Gasteiger partial charge in [0.15, 0.2) is 0 Å². The number of hydrogen-bond acceptors (Lipinski definition) is 4. The first-order valence-corrected chi connectivity index (χ1v) is 6.19. The van der Waals surface area contributed by atoms with Crippen molar-refractivity contribution in [2.45, 2.75) is 13.1 Å². The molecule has 0 aliphatic rings. The van der Waals surface area contributed by atoms with Crippen LogP contribution < -0.4 is 5.32 Å². The molecule has 0 bridgehead atoms. The van der Waals surface area contributed by atoms with E-state index in [0.29, 0.717) is 0 Å². The lowest BCUT2D eigenvalue weighted by atomic mass is 10.3. The fourth-order valence-corrected chi connectivity index (χ4v) is 2.42. The first kappa shape index (κ1) is 10.7. The minimum absolute atomic E-state index is 0.800. The van der Waals surface area contributed by atoms with Crippen LogP contribution in [0.5, 0.6) is 0 Å². The second kappa shape index (κ2) is 5.34. The van der Waals surface area contributed by atoms with E-state index >= 15 is 0 Å². The van der Waals surface area contributed by atoms with Gasteiger partial charge in [-0.3, -0.25) is 0 Å². The summed E-state index contributed by atoms with van der Waals surface area (Å²) in [6.45, 7) is 1.67. The van der Waals surface area contributed by atoms with Gasteiger partial charge in [0.05, 0.1) is 3.79 Å². The molecule has 15 heavy (non-hydrogen) atoms. The van der Waals surface area contributed by atoms with Crippen molar-refractivity contribution >= 4 is 27.3 Å². The normalized spacial score (nSPS) is 10.5. The highest BCUT2D eigenvalue weighted by Crippen LogP contribution is 2.20. The van der Waals surface area contributed by atoms with Gasteiger partial charge in [-0.2, -0.15) is 0 Å². The molecule has 0 saturated carbocycles. The van der Waals surface area contributed by atoms with Crippen LogP contribution in [0.25, 0.3) is 0 Å². The number of hydrogen-bond donors (Lipinski definition) is 1. The van der Waals surface area contributed by atoms with E-state index in [2.05, 4.69) is 42.7 Å². The van der Waals surface area contributed by atoms with E-state index in [9.17, 15) is 0 Å². The van der Waals surface area contributed by atoms with Gasteiger partial charge < -0.3 is 5.32 Å². The second-order valence-electron chi connectivity index (χ2n) is 3.11. The summed E-state index contributed by atoms with van der Waals surface area (Å²) in [6, 6.07) is 2.12. The fraction of sp³-hybridized carbons (Fsp3) is 0.200. The van der Waals surface area contributed by atoms with E-state index in [0.717, 1.165) is 18.7 Å². The van der Waals surface area contributed by atoms with Crippen molar-refractivity contribution in [3.8, 4) is 0 Å². The summed E-state index contributed by atoms with van der Waals surface area (Å²) >= 11 is 5.14. The summed E-state index contributed by atoms with van der Waals surface area (Å²) in [7, 11) is 0. The molecule has 5 heteroatoms. The van der Waals surface area contributed by atoms with Crippen LogP contribution >= 0.6 is 27.3 Å². The Morgan fingerprint density at radius 3 is 2.60 bits per heavy atom. The number of rotatable bonds is 4. The molecule has 0 aliphatic carbocycles. The number of nitrogens with one attached hydrogen (secondary N) is 1. The van der Waals surface area contributed by atoms with Crippen LogP contribution in [-0.2, 0) is 13.1 Å². The standard InChI is InChI=1S/C10H10BrN3S/c11-10-1-8(6-15-10)2-12-3-9-4-13-7-14-5-9/h1,4-7,12H,2-3H2. The SMILES string of the molecule is Brc1cc(CNCc2cncnc2)cs1. The molecular formula is C10H10BrN3S. The van der Waals surface area contributed by atoms with E-state index in [-0.39, 0.29) is 0 Å². The van der Waals surface area contributed by atoms with E-state index < -0.39 is 0 Å². The molecule has 1 N–H and O–H groups in total. The molecular weight excluding hydrogens is 274 g/mol. The monoisotopic (exact) mass is 283 g/mol. The average molecular weight is 284 g/mol. The predicted octanol–water partition coefficient (Wildman–Crippen LogP) is 2.59. The Balaban J connectivity index is 1.80. The van der Waals surface area contributed by atoms with E-state index in [1.165, 1.54) is 9.35 Å². The Morgan fingerprint density at radius 2 is 1.93 bits per heavy atom. The van der Waals surface area contributed by atoms with Gasteiger partial charge in [-0.15, -0.1) is 11.3 Å². The van der Waals surface area contributed by atoms with Gasteiger partial charge in [0.25, 0.3) is 0 Å². The van der Waals surface area contributed by atoms with Crippen LogP contribution in [0.3, 0.4) is 0 Å². The topological polar surface area (TPSA) is 37.8 Å². The average Bonchev–Trinajstić information content (AvgIpc) is 2.66. The van der Waals surface area contributed by atoms with Gasteiger partial charge in [0.2, 0.25) is 0 Å². The molecule has 0 fully saturated rings. The quantitative estimate of drug-likeness (QED) is 0.937. The zero-order valence-electron chi connectivity index (χ0n) is 7.98. The molecule has 2 aromatic heterocycles. The van der Waals surface area contributed by atoms with Crippen LogP contribution in [0, 0.1) is 0 Å². The Kier molecular flexibility index (Phi) is 3.82. The number of nitrogens with zero attached hydrogens (tertiary/aromatic N) is 2. The van der Waals surface area contributed by atoms with E-state index in [1.807, 2.05) is 12.4 Å². The summed E-state index contributed by atoms with van der Waals surface area (Å²) in [5.41, 5.74) is 2.40. The molecule has 0 amide bonds. The minimum Gasteiger partial charge on any atom is -0.308 e. The second-order valence-corrected chi connectivity index (χ2v) is 5.40. The summed E-state index contributed by atoms with van der Waals surface area (Å²) < 4.78 is 1.17. The Labute approximate surface area is 101 Å². The third kappa shape index (κ3) is 3.37. The molecule has 3 nitrogen and oxygen atoms in total. The van der Waals surface area contributed by atoms with Crippen molar-refractivity contribution in [2.75, 3.05) is 0 Å². The zero-order chi connectivity index (χ0) is 10.5. The third-order valence-corrected chi connectivity index (χ3v) is 3.45. The third-order valence-electron chi connectivity index (χ3n) is 1.89. The number of halogens is 1. The molecule has 0 saturated heterocycles. The molecule has 0 spiro atoms. The lowest BCUT2D eigenvalue weighted by molar-refractivity contribution is 0.690. The van der Waals surface area contributed by atoms with Crippen LogP contribution in [0.1, 0.15) is 11.1 Å². The summed E-state index contributed by atoms with van der Waals surface area (Å²) in [4.78, 5) is 7.92. The predicted molar refractivity (Wildman–Crippen MR) is 64.6 cm³/mol. The maximum Gasteiger partial charge on any atom is 0.115 e. The Hall–Kier alpha value is -0.780. The minimum atomic E-state index is 0.800. The van der Waals surface area contributed by atoms with Gasteiger partial charge in [-0.1, -0.05) is 0 Å². The van der Waals surface area contributed by atoms with Gasteiger partial charge in [0.1, 0.15) is 6.33 Å². The maximum absolute atomic E-state index is 3.96. The highest BCUT2D eigenvalue weighted by atomic mass is 79.9. The van der Waals surface area contributed by atoms with Gasteiger partial charge in [-0.25, -0.2) is 9.97 Å². The molecule has 2 heterocycles. The first-order valence-electron chi connectivity index (χ1n) is 4.52. The lowest BCUT2D eigenvalue weighted by Crippen LogP contribution is -2.12. The van der Waals surface area contributed by atoms with Crippen LogP contribution in [0.15, 0.2) is 34.0 Å². The van der Waals surface area contributed by atoms with Crippen molar-refractivity contribution in [2.24, 2.45) is 0 Å². The Morgan fingerprint density at radius 1 is 1.20 bits per heavy atom. The molecule has 2 rings (SSSR count). The smallest absolute Gasteiger partial charge is 0.115 e. The molecule has 0 radical (unpaired) electrons. The lowest BCUT2D eigenvalue weighted by Gasteiger charge is -2.01. The number of thiophene rings is 1. The van der Waals surface area contributed by atoms with Crippen molar-refractivity contribution < 1.29 is 0 Å². The van der Waals surface area contributed by atoms with Crippen molar-refractivity contribution in [3.63, 3.8) is 0 Å². The highest BCUT2D eigenvalue weighted by molar-refractivity contribution is 9.11. The van der Waals surface area contributed by atoms with E-state index in [1.54, 1.807) is 17.7 Å². The van der Waals surface area contributed by atoms with Crippen molar-refractivity contribution in [1.29, 1.82) is 0 Å². The molecule has 78 valence electrons. The summed E-state index contributed by atoms with van der Waals surface area (Å²) in [5.74, 6) is 0. The van der Waals surface area contributed by atoms with Crippen LogP contribution in [-0.4, -0.2) is 9.97 Å². The molecule has 0 unspecified atom stereocenters. The number of aromatic nitrogens is 2. The van der Waals surface area contributed by atoms with Gasteiger partial charge in [0, 0.05) is 31.0 Å². The fourth-order valence-electron chi connectivity index (χ4n) is 1.21. The largest absolute Gasteiger partial charge is 0.308 e. The highest BCUT2D eigenvalue weighted by Gasteiger charge is 1.97. The molecule has 2 aromatic rings.